The second-order valence-corrected chi connectivity index (χ2v) is 9.52. The van der Waals surface area contributed by atoms with Crippen molar-refractivity contribution in [1.29, 1.82) is 0 Å². The largest absolute Gasteiger partial charge is 0.314 e. The highest BCUT2D eigenvalue weighted by molar-refractivity contribution is 9.11. The normalized spacial score (nSPS) is 23.9. The van der Waals surface area contributed by atoms with Crippen molar-refractivity contribution in [2.75, 3.05) is 6.54 Å². The summed E-state index contributed by atoms with van der Waals surface area (Å²) in [4.78, 5) is 1.23. The minimum absolute atomic E-state index is 0.0629. The van der Waals surface area contributed by atoms with Crippen LogP contribution >= 0.6 is 27.3 Å². The fourth-order valence-corrected chi connectivity index (χ4v) is 6.40. The summed E-state index contributed by atoms with van der Waals surface area (Å²) in [5.41, 5.74) is 0. The molecule has 1 aromatic rings. The van der Waals surface area contributed by atoms with Crippen LogP contribution in [-0.4, -0.2) is 27.0 Å². The predicted molar refractivity (Wildman–Crippen MR) is 86.8 cm³/mol. The Hall–Kier alpha value is 0.0500. The van der Waals surface area contributed by atoms with Crippen LogP contribution in [0.3, 0.4) is 0 Å². The zero-order valence-corrected chi connectivity index (χ0v) is 15.0. The molecule has 0 aliphatic heterocycles. The molecule has 0 saturated heterocycles. The summed E-state index contributed by atoms with van der Waals surface area (Å²) in [6, 6.07) is 2.29. The molecular formula is C13H21BrN2O2S2. The highest BCUT2D eigenvalue weighted by Gasteiger charge is 2.27. The lowest BCUT2D eigenvalue weighted by atomic mass is 9.92. The molecule has 0 spiro atoms. The summed E-state index contributed by atoms with van der Waals surface area (Å²) in [7, 11) is -3.39. The first kappa shape index (κ1) is 16.4. The Kier molecular flexibility index (Phi) is 5.64. The van der Waals surface area contributed by atoms with E-state index in [9.17, 15) is 8.42 Å². The van der Waals surface area contributed by atoms with Gasteiger partial charge in [-0.25, -0.2) is 13.1 Å². The van der Waals surface area contributed by atoms with Crippen molar-refractivity contribution in [2.45, 2.75) is 56.5 Å². The molecule has 20 heavy (non-hydrogen) atoms. The molecule has 2 rings (SSSR count). The van der Waals surface area contributed by atoms with Crippen molar-refractivity contribution in [1.82, 2.24) is 10.0 Å². The zero-order chi connectivity index (χ0) is 14.8. The number of hydrogen-bond donors (Lipinski definition) is 2. The van der Waals surface area contributed by atoms with Crippen LogP contribution in [0.2, 0.25) is 0 Å². The number of aryl methyl sites for hydroxylation is 1. The molecule has 0 amide bonds. The van der Waals surface area contributed by atoms with E-state index in [0.29, 0.717) is 10.9 Å². The lowest BCUT2D eigenvalue weighted by Gasteiger charge is -2.29. The maximum Gasteiger partial charge on any atom is 0.241 e. The van der Waals surface area contributed by atoms with E-state index >= 15 is 0 Å². The maximum absolute atomic E-state index is 12.4. The predicted octanol–water partition coefficient (Wildman–Crippen LogP) is 3.02. The Balaban J connectivity index is 1.98. The van der Waals surface area contributed by atoms with Crippen molar-refractivity contribution in [3.8, 4) is 0 Å². The van der Waals surface area contributed by atoms with Crippen molar-refractivity contribution in [3.63, 3.8) is 0 Å². The molecule has 1 heterocycles. The van der Waals surface area contributed by atoms with Gasteiger partial charge in [0.15, 0.2) is 0 Å². The third kappa shape index (κ3) is 4.04. The fourth-order valence-electron chi connectivity index (χ4n) is 2.68. The minimum Gasteiger partial charge on any atom is -0.314 e. The van der Waals surface area contributed by atoms with Gasteiger partial charge in [0.2, 0.25) is 10.0 Å². The SMILES string of the molecule is CCNC1CCC(NS(=O)(=O)c2cc(Br)sc2C)CC1. The van der Waals surface area contributed by atoms with Gasteiger partial charge in [0.1, 0.15) is 0 Å². The van der Waals surface area contributed by atoms with Gasteiger partial charge in [-0.1, -0.05) is 6.92 Å². The van der Waals surface area contributed by atoms with Gasteiger partial charge in [-0.05, 0) is 61.1 Å². The molecule has 1 aromatic heterocycles. The number of sulfonamides is 1. The third-order valence-electron chi connectivity index (χ3n) is 3.67. The standard InChI is InChI=1S/C13H21BrN2O2S2/c1-3-15-10-4-6-11(7-5-10)16-20(17,18)12-8-13(14)19-9(12)2/h8,10-11,15-16H,3-7H2,1-2H3. The van der Waals surface area contributed by atoms with Crippen molar-refractivity contribution >= 4 is 37.3 Å². The van der Waals surface area contributed by atoms with Gasteiger partial charge in [-0.15, -0.1) is 11.3 Å². The molecule has 0 radical (unpaired) electrons. The lowest BCUT2D eigenvalue weighted by Crippen LogP contribution is -2.42. The number of halogens is 1. The van der Waals surface area contributed by atoms with E-state index in [1.807, 2.05) is 6.92 Å². The van der Waals surface area contributed by atoms with Gasteiger partial charge in [0.05, 0.1) is 8.68 Å². The molecule has 1 saturated carbocycles. The highest BCUT2D eigenvalue weighted by atomic mass is 79.9. The number of nitrogens with one attached hydrogen (secondary N) is 2. The number of thiophene rings is 1. The van der Waals surface area contributed by atoms with Crippen LogP contribution in [0.15, 0.2) is 14.7 Å². The van der Waals surface area contributed by atoms with E-state index in [4.69, 9.17) is 0 Å². The molecule has 114 valence electrons. The molecule has 0 unspecified atom stereocenters. The van der Waals surface area contributed by atoms with Crippen LogP contribution < -0.4 is 10.0 Å². The van der Waals surface area contributed by atoms with E-state index < -0.39 is 10.0 Å². The first-order valence-corrected chi connectivity index (χ1v) is 10.0. The molecule has 1 aliphatic carbocycles. The first-order valence-electron chi connectivity index (χ1n) is 6.94. The third-order valence-corrected chi connectivity index (χ3v) is 7.00. The fraction of sp³-hybridized carbons (Fsp3) is 0.692. The van der Waals surface area contributed by atoms with Gasteiger partial charge >= 0.3 is 0 Å². The van der Waals surface area contributed by atoms with Gasteiger partial charge in [-0.2, -0.15) is 0 Å². The average molecular weight is 381 g/mol. The Morgan fingerprint density at radius 2 is 1.90 bits per heavy atom. The molecular weight excluding hydrogens is 360 g/mol. The maximum atomic E-state index is 12.4. The molecule has 0 aromatic carbocycles. The monoisotopic (exact) mass is 380 g/mol. The Bertz CT molecular complexity index is 549. The smallest absolute Gasteiger partial charge is 0.241 e. The van der Waals surface area contributed by atoms with Gasteiger partial charge in [0, 0.05) is 17.0 Å². The van der Waals surface area contributed by atoms with Crippen LogP contribution in [0.4, 0.5) is 0 Å². The van der Waals surface area contributed by atoms with E-state index in [1.54, 1.807) is 6.07 Å². The van der Waals surface area contributed by atoms with Crippen molar-refractivity contribution < 1.29 is 8.42 Å². The second-order valence-electron chi connectivity index (χ2n) is 5.20. The molecule has 1 aliphatic rings. The Morgan fingerprint density at radius 1 is 1.30 bits per heavy atom. The van der Waals surface area contributed by atoms with Crippen LogP contribution in [0.1, 0.15) is 37.5 Å². The van der Waals surface area contributed by atoms with Gasteiger partial charge in [0.25, 0.3) is 0 Å². The highest BCUT2D eigenvalue weighted by Crippen LogP contribution is 2.30. The summed E-state index contributed by atoms with van der Waals surface area (Å²) < 4.78 is 28.5. The summed E-state index contributed by atoms with van der Waals surface area (Å²) in [6.07, 6.45) is 3.88. The molecule has 2 N–H and O–H groups in total. The lowest BCUT2D eigenvalue weighted by molar-refractivity contribution is 0.333. The van der Waals surface area contributed by atoms with E-state index in [-0.39, 0.29) is 6.04 Å². The summed E-state index contributed by atoms with van der Waals surface area (Å²) in [6.45, 7) is 4.92. The Morgan fingerprint density at radius 3 is 2.40 bits per heavy atom. The first-order chi connectivity index (χ1) is 9.42. The molecule has 1 fully saturated rings. The van der Waals surface area contributed by atoms with Crippen LogP contribution in [0.5, 0.6) is 0 Å². The number of rotatable bonds is 5. The van der Waals surface area contributed by atoms with Crippen molar-refractivity contribution in [3.05, 3.63) is 14.7 Å². The topological polar surface area (TPSA) is 58.2 Å². The van der Waals surface area contributed by atoms with Gasteiger partial charge in [-0.3, -0.25) is 0 Å². The second kappa shape index (κ2) is 6.87. The van der Waals surface area contributed by atoms with Crippen LogP contribution in [0.25, 0.3) is 0 Å². The van der Waals surface area contributed by atoms with Crippen molar-refractivity contribution in [2.24, 2.45) is 0 Å². The summed E-state index contributed by atoms with van der Waals surface area (Å²) in [5, 5.41) is 3.43. The molecule has 4 nitrogen and oxygen atoms in total. The van der Waals surface area contributed by atoms with Crippen LogP contribution in [-0.2, 0) is 10.0 Å². The molecule has 0 atom stereocenters. The summed E-state index contributed by atoms with van der Waals surface area (Å²) >= 11 is 4.80. The molecule has 7 heteroatoms. The van der Waals surface area contributed by atoms with E-state index in [1.165, 1.54) is 11.3 Å². The van der Waals surface area contributed by atoms with E-state index in [2.05, 4.69) is 32.9 Å². The zero-order valence-electron chi connectivity index (χ0n) is 11.8. The number of hydrogen-bond acceptors (Lipinski definition) is 4. The van der Waals surface area contributed by atoms with E-state index in [0.717, 1.165) is 40.9 Å². The summed E-state index contributed by atoms with van der Waals surface area (Å²) in [5.74, 6) is 0. The van der Waals surface area contributed by atoms with Gasteiger partial charge < -0.3 is 5.32 Å². The minimum atomic E-state index is -3.39. The Labute approximate surface area is 133 Å². The average Bonchev–Trinajstić information content (AvgIpc) is 2.72. The quantitative estimate of drug-likeness (QED) is 0.825. The van der Waals surface area contributed by atoms with Crippen LogP contribution in [0, 0.1) is 6.92 Å². The molecule has 0 bridgehead atoms.